The molecular weight excluding hydrogens is 490 g/mol. The van der Waals surface area contributed by atoms with Gasteiger partial charge in [-0.05, 0) is 47.4 Å². The number of ether oxygens (including phenoxy) is 1. The highest BCUT2D eigenvalue weighted by Crippen LogP contribution is 2.35. The molecule has 0 saturated heterocycles. The van der Waals surface area contributed by atoms with E-state index in [-0.39, 0.29) is 17.5 Å². The molecule has 4 aromatic carbocycles. The van der Waals surface area contributed by atoms with Crippen molar-refractivity contribution in [1.29, 1.82) is 0 Å². The second-order valence-electron chi connectivity index (χ2n) is 9.30. The van der Waals surface area contributed by atoms with Crippen LogP contribution in [0.15, 0.2) is 91.0 Å². The molecule has 39 heavy (non-hydrogen) atoms. The Labute approximate surface area is 226 Å². The molecule has 7 heteroatoms. The molecule has 0 bridgehead atoms. The zero-order chi connectivity index (χ0) is 27.4. The molecule has 0 fully saturated rings. The smallest absolute Gasteiger partial charge is 0.336 e. The number of benzene rings is 4. The molecule has 0 saturated carbocycles. The summed E-state index contributed by atoms with van der Waals surface area (Å²) < 4.78 is 5.31. The molecule has 1 heterocycles. The normalized spacial score (nSPS) is 11.7. The second kappa shape index (κ2) is 11.2. The number of methoxy groups -OCH3 is 1. The summed E-state index contributed by atoms with van der Waals surface area (Å²) in [6.07, 6.45) is 1.67. The number of carbonyl (C=O) groups excluding carboxylic acids is 1. The summed E-state index contributed by atoms with van der Waals surface area (Å²) in [7, 11) is 1.60. The van der Waals surface area contributed by atoms with Crippen molar-refractivity contribution in [3.63, 3.8) is 0 Å². The zero-order valence-corrected chi connectivity index (χ0v) is 21.8. The third-order valence-electron chi connectivity index (χ3n) is 6.76. The minimum Gasteiger partial charge on any atom is -0.497 e. The van der Waals surface area contributed by atoms with Crippen molar-refractivity contribution >= 4 is 22.9 Å². The minimum absolute atomic E-state index is 0.0413. The van der Waals surface area contributed by atoms with Gasteiger partial charge in [-0.15, -0.1) is 0 Å². The summed E-state index contributed by atoms with van der Waals surface area (Å²) in [6.45, 7) is 2.06. The van der Waals surface area contributed by atoms with Gasteiger partial charge < -0.3 is 20.1 Å². The van der Waals surface area contributed by atoms with E-state index >= 15 is 0 Å². The Kier molecular flexibility index (Phi) is 7.41. The van der Waals surface area contributed by atoms with Crippen LogP contribution in [-0.2, 0) is 0 Å². The Morgan fingerprint density at radius 3 is 2.38 bits per heavy atom. The van der Waals surface area contributed by atoms with E-state index in [0.717, 1.165) is 35.0 Å². The average Bonchev–Trinajstić information content (AvgIpc) is 3.40. The molecule has 1 amide bonds. The fourth-order valence-electron chi connectivity index (χ4n) is 4.80. The first-order chi connectivity index (χ1) is 19.0. The van der Waals surface area contributed by atoms with Gasteiger partial charge in [-0.1, -0.05) is 74.0 Å². The van der Waals surface area contributed by atoms with E-state index in [1.807, 2.05) is 72.8 Å². The van der Waals surface area contributed by atoms with E-state index in [4.69, 9.17) is 9.72 Å². The van der Waals surface area contributed by atoms with Gasteiger partial charge in [0.1, 0.15) is 11.6 Å². The second-order valence-corrected chi connectivity index (χ2v) is 9.30. The van der Waals surface area contributed by atoms with Crippen LogP contribution in [0.4, 0.5) is 0 Å². The quantitative estimate of drug-likeness (QED) is 0.197. The SMILES string of the molecule is CCC[C@@H](NC(=O)c1ccc(-c2ccccc2-c2nc3cc(OC)ccc3[nH]2)c(C(=O)O)c1)c1ccccc1. The Morgan fingerprint density at radius 2 is 1.67 bits per heavy atom. The maximum Gasteiger partial charge on any atom is 0.336 e. The largest absolute Gasteiger partial charge is 0.497 e. The van der Waals surface area contributed by atoms with E-state index in [9.17, 15) is 14.7 Å². The lowest BCUT2D eigenvalue weighted by atomic mass is 9.93. The standard InChI is InChI=1S/C32H29N3O4/c1-3-9-27(20-10-5-4-6-11-20)35-31(36)21-14-16-24(26(18-21)32(37)38)23-12-7-8-13-25(23)30-33-28-17-15-22(39-2)19-29(28)34-30/h4-8,10-19,27H,3,9H2,1-2H3,(H,33,34)(H,35,36)(H,37,38)/t27-/m1/s1. The molecule has 5 rings (SSSR count). The van der Waals surface area contributed by atoms with Crippen LogP contribution < -0.4 is 10.1 Å². The highest BCUT2D eigenvalue weighted by atomic mass is 16.5. The number of carboxylic acid groups (broad SMARTS) is 1. The third kappa shape index (κ3) is 5.38. The number of nitrogens with one attached hydrogen (secondary N) is 2. The first-order valence-electron chi connectivity index (χ1n) is 12.8. The third-order valence-corrected chi connectivity index (χ3v) is 6.76. The van der Waals surface area contributed by atoms with Crippen LogP contribution in [0.2, 0.25) is 0 Å². The number of nitrogens with zero attached hydrogens (tertiary/aromatic N) is 1. The number of aromatic amines is 1. The summed E-state index contributed by atoms with van der Waals surface area (Å²) in [5.74, 6) is -0.121. The van der Waals surface area contributed by atoms with Crippen LogP contribution in [0.25, 0.3) is 33.5 Å². The summed E-state index contributed by atoms with van der Waals surface area (Å²) >= 11 is 0. The van der Waals surface area contributed by atoms with Gasteiger partial charge in [-0.2, -0.15) is 0 Å². The molecule has 0 aliphatic rings. The molecule has 0 aliphatic carbocycles. The van der Waals surface area contributed by atoms with Crippen molar-refractivity contribution in [2.45, 2.75) is 25.8 Å². The highest BCUT2D eigenvalue weighted by Gasteiger charge is 2.21. The summed E-state index contributed by atoms with van der Waals surface area (Å²) in [4.78, 5) is 33.7. The maximum absolute atomic E-state index is 13.2. The van der Waals surface area contributed by atoms with Crippen molar-refractivity contribution in [2.75, 3.05) is 7.11 Å². The van der Waals surface area contributed by atoms with Crippen LogP contribution in [0, 0.1) is 0 Å². The highest BCUT2D eigenvalue weighted by molar-refractivity contribution is 6.03. The number of aromatic nitrogens is 2. The van der Waals surface area contributed by atoms with Gasteiger partial charge in [0.05, 0.1) is 29.7 Å². The van der Waals surface area contributed by atoms with Gasteiger partial charge in [-0.3, -0.25) is 4.79 Å². The lowest BCUT2D eigenvalue weighted by Gasteiger charge is -2.19. The molecule has 5 aromatic rings. The lowest BCUT2D eigenvalue weighted by molar-refractivity contribution is 0.0697. The van der Waals surface area contributed by atoms with Gasteiger partial charge in [0, 0.05) is 17.2 Å². The molecule has 0 spiro atoms. The summed E-state index contributed by atoms with van der Waals surface area (Å²) in [5.41, 5.74) is 4.87. The number of aromatic carboxylic acids is 1. The van der Waals surface area contributed by atoms with Crippen molar-refractivity contribution in [3.8, 4) is 28.3 Å². The van der Waals surface area contributed by atoms with Crippen molar-refractivity contribution in [3.05, 3.63) is 108 Å². The monoisotopic (exact) mass is 519 g/mol. The maximum atomic E-state index is 13.2. The van der Waals surface area contributed by atoms with Crippen LogP contribution >= 0.6 is 0 Å². The number of H-pyrrole nitrogens is 1. The topological polar surface area (TPSA) is 104 Å². The Bertz CT molecular complexity index is 1640. The minimum atomic E-state index is -1.11. The summed E-state index contributed by atoms with van der Waals surface area (Å²) in [6, 6.07) is 27.5. The lowest BCUT2D eigenvalue weighted by Crippen LogP contribution is -2.28. The van der Waals surface area contributed by atoms with Gasteiger partial charge in [0.2, 0.25) is 0 Å². The van der Waals surface area contributed by atoms with E-state index in [1.54, 1.807) is 19.2 Å². The van der Waals surface area contributed by atoms with Crippen molar-refractivity contribution in [2.24, 2.45) is 0 Å². The number of carboxylic acids is 1. The molecular formula is C32H29N3O4. The van der Waals surface area contributed by atoms with Gasteiger partial charge in [-0.25, -0.2) is 9.78 Å². The van der Waals surface area contributed by atoms with E-state index in [0.29, 0.717) is 28.3 Å². The predicted molar refractivity (Wildman–Crippen MR) is 152 cm³/mol. The molecule has 0 aliphatic heterocycles. The number of imidazole rings is 1. The van der Waals surface area contributed by atoms with E-state index in [1.165, 1.54) is 6.07 Å². The molecule has 0 unspecified atom stereocenters. The number of fused-ring (bicyclic) bond motifs is 1. The van der Waals surface area contributed by atoms with Crippen LogP contribution in [-0.4, -0.2) is 34.1 Å². The van der Waals surface area contributed by atoms with Crippen LogP contribution in [0.5, 0.6) is 5.75 Å². The fourth-order valence-corrected chi connectivity index (χ4v) is 4.80. The number of rotatable bonds is 9. The first kappa shape index (κ1) is 25.7. The van der Waals surface area contributed by atoms with E-state index in [2.05, 4.69) is 17.2 Å². The van der Waals surface area contributed by atoms with Gasteiger partial charge >= 0.3 is 5.97 Å². The number of hydrogen-bond acceptors (Lipinski definition) is 4. The fraction of sp³-hybridized carbons (Fsp3) is 0.156. The van der Waals surface area contributed by atoms with Gasteiger partial charge in [0.25, 0.3) is 5.91 Å². The Hall–Kier alpha value is -4.91. The molecule has 1 atom stereocenters. The van der Waals surface area contributed by atoms with E-state index < -0.39 is 5.97 Å². The Morgan fingerprint density at radius 1 is 0.923 bits per heavy atom. The average molecular weight is 520 g/mol. The number of carbonyl (C=O) groups is 2. The first-order valence-corrected chi connectivity index (χ1v) is 12.8. The number of amides is 1. The molecule has 196 valence electrons. The molecule has 1 aromatic heterocycles. The van der Waals surface area contributed by atoms with Crippen molar-refractivity contribution < 1.29 is 19.4 Å². The molecule has 0 radical (unpaired) electrons. The zero-order valence-electron chi connectivity index (χ0n) is 21.8. The van der Waals surface area contributed by atoms with Crippen LogP contribution in [0.1, 0.15) is 52.1 Å². The van der Waals surface area contributed by atoms with Gasteiger partial charge in [0.15, 0.2) is 0 Å². The summed E-state index contributed by atoms with van der Waals surface area (Å²) in [5, 5.41) is 13.2. The molecule has 7 nitrogen and oxygen atoms in total. The van der Waals surface area contributed by atoms with Crippen LogP contribution in [0.3, 0.4) is 0 Å². The van der Waals surface area contributed by atoms with Crippen molar-refractivity contribution in [1.82, 2.24) is 15.3 Å². The molecule has 3 N–H and O–H groups in total. The Balaban J connectivity index is 1.51. The number of hydrogen-bond donors (Lipinski definition) is 3. The predicted octanol–water partition coefficient (Wildman–Crippen LogP) is 6.87.